The number of benzene rings is 2. The van der Waals surface area contributed by atoms with E-state index in [1.54, 1.807) is 19.4 Å². The number of methoxy groups -OCH3 is 1. The molecule has 0 bridgehead atoms. The minimum absolute atomic E-state index is 0.298. The number of anilines is 1. The average molecular weight is 339 g/mol. The van der Waals surface area contributed by atoms with Crippen LogP contribution in [0.2, 0.25) is 0 Å². The third kappa shape index (κ3) is 4.83. The summed E-state index contributed by atoms with van der Waals surface area (Å²) in [4.78, 5) is 14.5. The highest BCUT2D eigenvalue weighted by molar-refractivity contribution is 5.97. The fourth-order valence-electron chi connectivity index (χ4n) is 2.57. The number of rotatable bonds is 7. The number of hydrazone groups is 1. The van der Waals surface area contributed by atoms with Crippen LogP contribution >= 0.6 is 0 Å². The summed E-state index contributed by atoms with van der Waals surface area (Å²) in [6.07, 6.45) is 1.63. The standard InChI is InChI=1S/C20H25N3O2/c1-5-23(6-2)17-10-8-16(9-11-17)14-21-22-20(24)18-12-7-15(3)13-19(18)25-4/h7-14H,5-6H2,1-4H3,(H,22,24)/b21-14-. The van der Waals surface area contributed by atoms with Gasteiger partial charge in [-0.1, -0.05) is 18.2 Å². The number of ether oxygens (including phenoxy) is 1. The third-order valence-electron chi connectivity index (χ3n) is 4.00. The summed E-state index contributed by atoms with van der Waals surface area (Å²) in [5.41, 5.74) is 6.13. The fraction of sp³-hybridized carbons (Fsp3) is 0.300. The van der Waals surface area contributed by atoms with Crippen LogP contribution in [0.5, 0.6) is 5.75 Å². The number of amides is 1. The maximum absolute atomic E-state index is 12.2. The molecule has 1 amide bonds. The van der Waals surface area contributed by atoms with E-state index < -0.39 is 0 Å². The molecule has 0 saturated carbocycles. The first-order chi connectivity index (χ1) is 12.1. The van der Waals surface area contributed by atoms with Crippen molar-refractivity contribution in [2.75, 3.05) is 25.1 Å². The van der Waals surface area contributed by atoms with Gasteiger partial charge in [0.2, 0.25) is 0 Å². The van der Waals surface area contributed by atoms with Crippen LogP contribution in [0.4, 0.5) is 5.69 Å². The summed E-state index contributed by atoms with van der Waals surface area (Å²) in [5.74, 6) is 0.240. The van der Waals surface area contributed by atoms with E-state index in [1.165, 1.54) is 5.69 Å². The van der Waals surface area contributed by atoms with E-state index in [0.717, 1.165) is 24.2 Å². The summed E-state index contributed by atoms with van der Waals surface area (Å²) in [6, 6.07) is 13.5. The molecule has 0 atom stereocenters. The van der Waals surface area contributed by atoms with Crippen molar-refractivity contribution in [1.82, 2.24) is 5.43 Å². The lowest BCUT2D eigenvalue weighted by Crippen LogP contribution is -2.21. The van der Waals surface area contributed by atoms with Gasteiger partial charge in [-0.25, -0.2) is 5.43 Å². The minimum Gasteiger partial charge on any atom is -0.496 e. The highest BCUT2D eigenvalue weighted by Crippen LogP contribution is 2.19. The van der Waals surface area contributed by atoms with Crippen LogP contribution in [0.3, 0.4) is 0 Å². The Balaban J connectivity index is 2.02. The van der Waals surface area contributed by atoms with Gasteiger partial charge in [0.05, 0.1) is 18.9 Å². The number of aryl methyl sites for hydroxylation is 1. The summed E-state index contributed by atoms with van der Waals surface area (Å²) in [7, 11) is 1.55. The van der Waals surface area contributed by atoms with Gasteiger partial charge in [0, 0.05) is 18.8 Å². The maximum Gasteiger partial charge on any atom is 0.275 e. The molecule has 0 unspecified atom stereocenters. The van der Waals surface area contributed by atoms with E-state index >= 15 is 0 Å². The Kier molecular flexibility index (Phi) is 6.57. The summed E-state index contributed by atoms with van der Waals surface area (Å²) < 4.78 is 5.25. The molecule has 2 aromatic carbocycles. The van der Waals surface area contributed by atoms with Gasteiger partial charge in [0.15, 0.2) is 0 Å². The summed E-state index contributed by atoms with van der Waals surface area (Å²) in [6.45, 7) is 8.16. The quantitative estimate of drug-likeness (QED) is 0.619. The molecule has 0 spiro atoms. The van der Waals surface area contributed by atoms with Crippen LogP contribution in [0, 0.1) is 6.92 Å². The first-order valence-corrected chi connectivity index (χ1v) is 8.42. The lowest BCUT2D eigenvalue weighted by molar-refractivity contribution is 0.0952. The second kappa shape index (κ2) is 8.87. The molecule has 0 aliphatic rings. The van der Waals surface area contributed by atoms with Gasteiger partial charge in [0.1, 0.15) is 5.75 Å². The van der Waals surface area contributed by atoms with Crippen LogP contribution < -0.4 is 15.1 Å². The Morgan fingerprint density at radius 2 is 1.84 bits per heavy atom. The first kappa shape index (κ1) is 18.5. The van der Waals surface area contributed by atoms with Crippen LogP contribution in [0.1, 0.15) is 35.3 Å². The molecule has 0 saturated heterocycles. The number of carbonyl (C=O) groups excluding carboxylic acids is 1. The van der Waals surface area contributed by atoms with Crippen LogP contribution in [0.25, 0.3) is 0 Å². The number of carbonyl (C=O) groups is 1. The van der Waals surface area contributed by atoms with Crippen molar-refractivity contribution < 1.29 is 9.53 Å². The topological polar surface area (TPSA) is 53.9 Å². The molecular formula is C20H25N3O2. The molecule has 5 nitrogen and oxygen atoms in total. The fourth-order valence-corrected chi connectivity index (χ4v) is 2.57. The lowest BCUT2D eigenvalue weighted by atomic mass is 10.1. The monoisotopic (exact) mass is 339 g/mol. The van der Waals surface area contributed by atoms with Crippen LogP contribution in [-0.4, -0.2) is 32.3 Å². The Bertz CT molecular complexity index is 735. The van der Waals surface area contributed by atoms with Crippen molar-refractivity contribution in [3.05, 3.63) is 59.2 Å². The third-order valence-corrected chi connectivity index (χ3v) is 4.00. The van der Waals surface area contributed by atoms with Crippen LogP contribution in [0.15, 0.2) is 47.6 Å². The number of nitrogens with one attached hydrogen (secondary N) is 1. The predicted octanol–water partition coefficient (Wildman–Crippen LogP) is 3.61. The van der Waals surface area contributed by atoms with Gasteiger partial charge in [0.25, 0.3) is 5.91 Å². The van der Waals surface area contributed by atoms with Gasteiger partial charge in [-0.2, -0.15) is 5.10 Å². The van der Waals surface area contributed by atoms with Crippen molar-refractivity contribution >= 4 is 17.8 Å². The zero-order valence-corrected chi connectivity index (χ0v) is 15.2. The minimum atomic E-state index is -0.298. The Labute approximate surface area is 149 Å². The molecule has 0 aliphatic carbocycles. The van der Waals surface area contributed by atoms with E-state index in [-0.39, 0.29) is 5.91 Å². The van der Waals surface area contributed by atoms with Gasteiger partial charge < -0.3 is 9.64 Å². The predicted molar refractivity (Wildman–Crippen MR) is 103 cm³/mol. The molecule has 5 heteroatoms. The molecular weight excluding hydrogens is 314 g/mol. The highest BCUT2D eigenvalue weighted by atomic mass is 16.5. The van der Waals surface area contributed by atoms with Crippen molar-refractivity contribution in [1.29, 1.82) is 0 Å². The van der Waals surface area contributed by atoms with E-state index in [9.17, 15) is 4.79 Å². The second-order valence-electron chi connectivity index (χ2n) is 5.67. The van der Waals surface area contributed by atoms with E-state index in [4.69, 9.17) is 4.74 Å². The van der Waals surface area contributed by atoms with Crippen LogP contribution in [-0.2, 0) is 0 Å². The summed E-state index contributed by atoms with van der Waals surface area (Å²) in [5, 5.41) is 4.04. The second-order valence-corrected chi connectivity index (χ2v) is 5.67. The first-order valence-electron chi connectivity index (χ1n) is 8.42. The van der Waals surface area contributed by atoms with Crippen molar-refractivity contribution in [2.45, 2.75) is 20.8 Å². The SMILES string of the molecule is CCN(CC)c1ccc(/C=N\NC(=O)c2ccc(C)cc2OC)cc1. The van der Waals surface area contributed by atoms with Gasteiger partial charge in [-0.3, -0.25) is 4.79 Å². The zero-order valence-electron chi connectivity index (χ0n) is 15.2. The highest BCUT2D eigenvalue weighted by Gasteiger charge is 2.11. The van der Waals surface area contributed by atoms with Crippen molar-refractivity contribution in [3.63, 3.8) is 0 Å². The molecule has 0 aliphatic heterocycles. The maximum atomic E-state index is 12.2. The largest absolute Gasteiger partial charge is 0.496 e. The molecule has 0 heterocycles. The number of hydrogen-bond acceptors (Lipinski definition) is 4. The Morgan fingerprint density at radius 1 is 1.16 bits per heavy atom. The average Bonchev–Trinajstić information content (AvgIpc) is 2.63. The Hall–Kier alpha value is -2.82. The molecule has 1 N–H and O–H groups in total. The smallest absolute Gasteiger partial charge is 0.275 e. The molecule has 25 heavy (non-hydrogen) atoms. The number of hydrogen-bond donors (Lipinski definition) is 1. The van der Waals surface area contributed by atoms with Gasteiger partial charge >= 0.3 is 0 Å². The van der Waals surface area contributed by atoms with Crippen molar-refractivity contribution in [2.24, 2.45) is 5.10 Å². The molecule has 2 rings (SSSR count). The van der Waals surface area contributed by atoms with Gasteiger partial charge in [-0.15, -0.1) is 0 Å². The lowest BCUT2D eigenvalue weighted by Gasteiger charge is -2.20. The van der Waals surface area contributed by atoms with E-state index in [1.807, 2.05) is 31.2 Å². The Morgan fingerprint density at radius 3 is 2.44 bits per heavy atom. The summed E-state index contributed by atoms with van der Waals surface area (Å²) >= 11 is 0. The zero-order chi connectivity index (χ0) is 18.2. The molecule has 132 valence electrons. The molecule has 0 radical (unpaired) electrons. The van der Waals surface area contributed by atoms with Gasteiger partial charge in [-0.05, 0) is 56.2 Å². The van der Waals surface area contributed by atoms with E-state index in [2.05, 4.69) is 41.4 Å². The molecule has 0 fully saturated rings. The number of nitrogens with zero attached hydrogens (tertiary/aromatic N) is 2. The van der Waals surface area contributed by atoms with Crippen molar-refractivity contribution in [3.8, 4) is 5.75 Å². The van der Waals surface area contributed by atoms with E-state index in [0.29, 0.717) is 11.3 Å². The molecule has 2 aromatic rings. The molecule has 0 aromatic heterocycles. The normalized spacial score (nSPS) is 10.7.